The summed E-state index contributed by atoms with van der Waals surface area (Å²) in [5.74, 6) is 0.0632. The van der Waals surface area contributed by atoms with Gasteiger partial charge in [0.15, 0.2) is 0 Å². The van der Waals surface area contributed by atoms with Crippen LogP contribution in [0.25, 0.3) is 0 Å². The van der Waals surface area contributed by atoms with E-state index in [1.165, 1.54) is 43.4 Å². The number of amides is 2. The van der Waals surface area contributed by atoms with Crippen LogP contribution in [0.3, 0.4) is 0 Å². The zero-order valence-corrected chi connectivity index (χ0v) is 14.4. The second kappa shape index (κ2) is 7.95. The lowest BCUT2D eigenvalue weighted by molar-refractivity contribution is -0.125. The molecular formula is C18H26N2O2S. The van der Waals surface area contributed by atoms with Crippen LogP contribution in [0.2, 0.25) is 0 Å². The molecule has 1 saturated carbocycles. The van der Waals surface area contributed by atoms with Crippen LogP contribution < -0.4 is 5.32 Å². The molecule has 126 valence electrons. The maximum absolute atomic E-state index is 12.7. The van der Waals surface area contributed by atoms with E-state index in [1.54, 1.807) is 4.90 Å². The van der Waals surface area contributed by atoms with Crippen molar-refractivity contribution < 1.29 is 9.59 Å². The van der Waals surface area contributed by atoms with Crippen molar-refractivity contribution in [3.05, 3.63) is 22.4 Å². The van der Waals surface area contributed by atoms with Gasteiger partial charge in [-0.2, -0.15) is 0 Å². The molecule has 1 aliphatic heterocycles. The van der Waals surface area contributed by atoms with E-state index in [2.05, 4.69) is 5.32 Å². The van der Waals surface area contributed by atoms with Gasteiger partial charge in [-0.25, -0.2) is 0 Å². The second-order valence-corrected chi connectivity index (χ2v) is 7.63. The van der Waals surface area contributed by atoms with Gasteiger partial charge in [0.2, 0.25) is 5.91 Å². The second-order valence-electron chi connectivity index (χ2n) is 6.68. The van der Waals surface area contributed by atoms with Crippen LogP contribution in [0, 0.1) is 0 Å². The Morgan fingerprint density at radius 1 is 1.04 bits per heavy atom. The molecule has 2 aliphatic rings. The maximum Gasteiger partial charge on any atom is 0.264 e. The fraction of sp³-hybridized carbons (Fsp3) is 0.667. The van der Waals surface area contributed by atoms with E-state index < -0.39 is 0 Å². The summed E-state index contributed by atoms with van der Waals surface area (Å²) in [5.41, 5.74) is 0. The molecule has 4 nitrogen and oxygen atoms in total. The Balaban J connectivity index is 1.60. The highest BCUT2D eigenvalue weighted by Crippen LogP contribution is 2.23. The van der Waals surface area contributed by atoms with Crippen LogP contribution in [0.1, 0.15) is 67.5 Å². The summed E-state index contributed by atoms with van der Waals surface area (Å²) in [4.78, 5) is 27.8. The molecule has 0 radical (unpaired) electrons. The number of hydrogen-bond acceptors (Lipinski definition) is 3. The monoisotopic (exact) mass is 334 g/mol. The Morgan fingerprint density at radius 3 is 2.48 bits per heavy atom. The minimum absolute atomic E-state index is 0.00955. The first kappa shape index (κ1) is 16.5. The minimum atomic E-state index is -0.282. The van der Waals surface area contributed by atoms with Crippen LogP contribution in [0.4, 0.5) is 0 Å². The Kier molecular flexibility index (Phi) is 5.70. The molecule has 1 saturated heterocycles. The average Bonchev–Trinajstić information content (AvgIpc) is 3.20. The Hall–Kier alpha value is -1.36. The van der Waals surface area contributed by atoms with Crippen molar-refractivity contribution in [1.29, 1.82) is 0 Å². The number of likely N-dealkylation sites (tertiary alicyclic amines) is 1. The first-order valence-corrected chi connectivity index (χ1v) is 9.78. The van der Waals surface area contributed by atoms with Crippen molar-refractivity contribution in [2.24, 2.45) is 0 Å². The summed E-state index contributed by atoms with van der Waals surface area (Å²) in [6, 6.07) is 3.74. The summed E-state index contributed by atoms with van der Waals surface area (Å²) >= 11 is 1.45. The molecule has 0 aromatic carbocycles. The van der Waals surface area contributed by atoms with Gasteiger partial charge >= 0.3 is 0 Å². The van der Waals surface area contributed by atoms with E-state index in [0.29, 0.717) is 12.6 Å². The molecule has 0 bridgehead atoms. The Bertz CT molecular complexity index is 521. The Labute approximate surface area is 142 Å². The summed E-state index contributed by atoms with van der Waals surface area (Å²) in [7, 11) is 0. The van der Waals surface area contributed by atoms with E-state index in [9.17, 15) is 9.59 Å². The maximum atomic E-state index is 12.7. The molecule has 3 rings (SSSR count). The SMILES string of the molecule is O=C(NC1CCCCCCC1)C1CCCN1C(=O)c1cccs1. The van der Waals surface area contributed by atoms with E-state index in [1.807, 2.05) is 17.5 Å². The van der Waals surface area contributed by atoms with Gasteiger partial charge in [-0.1, -0.05) is 38.2 Å². The predicted octanol–water partition coefficient (Wildman–Crippen LogP) is 3.58. The molecule has 1 N–H and O–H groups in total. The van der Waals surface area contributed by atoms with Crippen LogP contribution in [0.5, 0.6) is 0 Å². The summed E-state index contributed by atoms with van der Waals surface area (Å²) in [5, 5.41) is 5.14. The lowest BCUT2D eigenvalue weighted by atomic mass is 9.96. The zero-order chi connectivity index (χ0) is 16.1. The average molecular weight is 334 g/mol. The number of carbonyl (C=O) groups is 2. The number of rotatable bonds is 3. The van der Waals surface area contributed by atoms with Crippen molar-refractivity contribution in [3.8, 4) is 0 Å². The van der Waals surface area contributed by atoms with E-state index in [-0.39, 0.29) is 17.9 Å². The highest BCUT2D eigenvalue weighted by molar-refractivity contribution is 7.12. The normalized spacial score (nSPS) is 23.3. The fourth-order valence-electron chi connectivity index (χ4n) is 3.72. The molecule has 23 heavy (non-hydrogen) atoms. The number of hydrogen-bond donors (Lipinski definition) is 1. The van der Waals surface area contributed by atoms with Gasteiger partial charge in [-0.15, -0.1) is 11.3 Å². The summed E-state index contributed by atoms with van der Waals surface area (Å²) < 4.78 is 0. The van der Waals surface area contributed by atoms with Gasteiger partial charge < -0.3 is 10.2 Å². The Morgan fingerprint density at radius 2 is 1.78 bits per heavy atom. The largest absolute Gasteiger partial charge is 0.352 e. The molecule has 5 heteroatoms. The highest BCUT2D eigenvalue weighted by atomic mass is 32.1. The third-order valence-electron chi connectivity index (χ3n) is 5.00. The number of nitrogens with one attached hydrogen (secondary N) is 1. The lowest BCUT2D eigenvalue weighted by Gasteiger charge is -2.27. The van der Waals surface area contributed by atoms with Crippen LogP contribution in [0.15, 0.2) is 17.5 Å². The van der Waals surface area contributed by atoms with Gasteiger partial charge in [0.1, 0.15) is 6.04 Å². The van der Waals surface area contributed by atoms with Gasteiger partial charge in [-0.05, 0) is 37.1 Å². The molecule has 2 heterocycles. The lowest BCUT2D eigenvalue weighted by Crippen LogP contribution is -2.48. The van der Waals surface area contributed by atoms with Gasteiger partial charge in [-0.3, -0.25) is 9.59 Å². The number of carbonyl (C=O) groups excluding carboxylic acids is 2. The third-order valence-corrected chi connectivity index (χ3v) is 5.86. The molecule has 1 aromatic rings. The molecular weight excluding hydrogens is 308 g/mol. The summed E-state index contributed by atoms with van der Waals surface area (Å²) in [6.45, 7) is 0.694. The fourth-order valence-corrected chi connectivity index (χ4v) is 4.40. The van der Waals surface area contributed by atoms with E-state index in [0.717, 1.165) is 30.6 Å². The molecule has 1 aromatic heterocycles. The van der Waals surface area contributed by atoms with Crippen molar-refractivity contribution in [1.82, 2.24) is 10.2 Å². The van der Waals surface area contributed by atoms with Crippen LogP contribution >= 0.6 is 11.3 Å². The van der Waals surface area contributed by atoms with E-state index >= 15 is 0 Å². The number of thiophene rings is 1. The van der Waals surface area contributed by atoms with Gasteiger partial charge in [0.05, 0.1) is 4.88 Å². The molecule has 2 fully saturated rings. The standard InChI is InChI=1S/C18H26N2O2S/c21-17(19-14-8-4-2-1-3-5-9-14)15-10-6-12-20(15)18(22)16-11-7-13-23-16/h7,11,13-15H,1-6,8-10,12H2,(H,19,21). The van der Waals surface area contributed by atoms with Gasteiger partial charge in [0, 0.05) is 12.6 Å². The molecule has 0 spiro atoms. The zero-order valence-electron chi connectivity index (χ0n) is 13.6. The number of nitrogens with zero attached hydrogens (tertiary/aromatic N) is 1. The predicted molar refractivity (Wildman–Crippen MR) is 92.6 cm³/mol. The first-order valence-electron chi connectivity index (χ1n) is 8.90. The van der Waals surface area contributed by atoms with Crippen molar-refractivity contribution in [2.75, 3.05) is 6.54 Å². The third kappa shape index (κ3) is 4.14. The van der Waals surface area contributed by atoms with Crippen molar-refractivity contribution >= 4 is 23.2 Å². The topological polar surface area (TPSA) is 49.4 Å². The smallest absolute Gasteiger partial charge is 0.264 e. The quantitative estimate of drug-likeness (QED) is 0.918. The molecule has 1 unspecified atom stereocenters. The molecule has 1 atom stereocenters. The van der Waals surface area contributed by atoms with Crippen molar-refractivity contribution in [3.63, 3.8) is 0 Å². The highest BCUT2D eigenvalue weighted by Gasteiger charge is 2.35. The summed E-state index contributed by atoms with van der Waals surface area (Å²) in [6.07, 6.45) is 10.1. The van der Waals surface area contributed by atoms with E-state index in [4.69, 9.17) is 0 Å². The molecule has 1 aliphatic carbocycles. The minimum Gasteiger partial charge on any atom is -0.352 e. The van der Waals surface area contributed by atoms with Gasteiger partial charge in [0.25, 0.3) is 5.91 Å². The van der Waals surface area contributed by atoms with Crippen LogP contribution in [-0.2, 0) is 4.79 Å². The first-order chi connectivity index (χ1) is 11.3. The van der Waals surface area contributed by atoms with Crippen LogP contribution in [-0.4, -0.2) is 35.3 Å². The molecule has 2 amide bonds. The van der Waals surface area contributed by atoms with Crippen molar-refractivity contribution in [2.45, 2.75) is 69.9 Å².